The molecule has 2 N–H and O–H groups in total. The molecule has 114 valence electrons. The van der Waals surface area contributed by atoms with E-state index >= 15 is 0 Å². The summed E-state index contributed by atoms with van der Waals surface area (Å²) in [6.45, 7) is 0. The van der Waals surface area contributed by atoms with Crippen LogP contribution < -0.4 is 5.32 Å². The summed E-state index contributed by atoms with van der Waals surface area (Å²) >= 11 is 2.75. The molecular formula is C15H11N5OS2. The van der Waals surface area contributed by atoms with Crippen molar-refractivity contribution in [3.8, 4) is 0 Å². The SMILES string of the molecule is O=C(Nc1nnc(Cc2nc3ccccc3[nH]2)s1)c1cccs1. The van der Waals surface area contributed by atoms with Gasteiger partial charge in [-0.05, 0) is 23.6 Å². The zero-order chi connectivity index (χ0) is 15.6. The first kappa shape index (κ1) is 14.0. The lowest BCUT2D eigenvalue weighted by atomic mass is 10.3. The zero-order valence-electron chi connectivity index (χ0n) is 11.8. The maximum Gasteiger partial charge on any atom is 0.267 e. The third kappa shape index (κ3) is 2.99. The Balaban J connectivity index is 1.48. The number of nitrogens with one attached hydrogen (secondary N) is 2. The first-order valence-electron chi connectivity index (χ1n) is 6.89. The molecule has 4 rings (SSSR count). The number of imidazole rings is 1. The topological polar surface area (TPSA) is 83.6 Å². The highest BCUT2D eigenvalue weighted by molar-refractivity contribution is 7.15. The van der Waals surface area contributed by atoms with Crippen LogP contribution in [0.15, 0.2) is 41.8 Å². The van der Waals surface area contributed by atoms with Crippen LogP contribution in [0.3, 0.4) is 0 Å². The van der Waals surface area contributed by atoms with E-state index in [0.717, 1.165) is 21.9 Å². The standard InChI is InChI=1S/C15H11N5OS2/c21-14(11-6-3-7-22-11)18-15-20-19-13(23-15)8-12-16-9-4-1-2-5-10(9)17-12/h1-7H,8H2,(H,16,17)(H,18,20,21). The Kier molecular flexibility index (Phi) is 3.60. The summed E-state index contributed by atoms with van der Waals surface area (Å²) in [6.07, 6.45) is 0.557. The van der Waals surface area contributed by atoms with Gasteiger partial charge in [-0.2, -0.15) is 0 Å². The van der Waals surface area contributed by atoms with Crippen LogP contribution in [-0.4, -0.2) is 26.1 Å². The fourth-order valence-electron chi connectivity index (χ4n) is 2.17. The van der Waals surface area contributed by atoms with E-state index in [1.165, 1.54) is 22.7 Å². The van der Waals surface area contributed by atoms with Crippen molar-refractivity contribution in [3.63, 3.8) is 0 Å². The molecule has 0 aliphatic heterocycles. The third-order valence-corrected chi connectivity index (χ3v) is 4.90. The number of H-pyrrole nitrogens is 1. The van der Waals surface area contributed by atoms with Gasteiger partial charge in [0.1, 0.15) is 10.8 Å². The van der Waals surface area contributed by atoms with Crippen molar-refractivity contribution in [2.24, 2.45) is 0 Å². The molecule has 0 saturated carbocycles. The van der Waals surface area contributed by atoms with E-state index < -0.39 is 0 Å². The Morgan fingerprint density at radius 1 is 1.17 bits per heavy atom. The number of aromatic amines is 1. The molecule has 0 aliphatic rings. The molecule has 4 aromatic rings. The Labute approximate surface area is 139 Å². The van der Waals surface area contributed by atoms with Crippen LogP contribution in [-0.2, 0) is 6.42 Å². The van der Waals surface area contributed by atoms with E-state index in [9.17, 15) is 4.79 Å². The van der Waals surface area contributed by atoms with Crippen molar-refractivity contribution >= 4 is 44.7 Å². The van der Waals surface area contributed by atoms with Crippen molar-refractivity contribution < 1.29 is 4.79 Å². The van der Waals surface area contributed by atoms with Crippen molar-refractivity contribution in [2.45, 2.75) is 6.42 Å². The molecule has 6 nitrogen and oxygen atoms in total. The predicted octanol–water partition coefficient (Wildman–Crippen LogP) is 3.32. The smallest absolute Gasteiger partial charge is 0.267 e. The maximum absolute atomic E-state index is 12.0. The van der Waals surface area contributed by atoms with Crippen molar-refractivity contribution in [3.05, 3.63) is 57.5 Å². The lowest BCUT2D eigenvalue weighted by Crippen LogP contribution is -2.09. The number of carbonyl (C=O) groups excluding carboxylic acids is 1. The second-order valence-electron chi connectivity index (χ2n) is 4.81. The Morgan fingerprint density at radius 2 is 2.09 bits per heavy atom. The van der Waals surface area contributed by atoms with E-state index in [1.807, 2.05) is 35.7 Å². The van der Waals surface area contributed by atoms with Gasteiger partial charge in [0, 0.05) is 0 Å². The summed E-state index contributed by atoms with van der Waals surface area (Å²) in [5, 5.41) is 14.0. The highest BCUT2D eigenvalue weighted by atomic mass is 32.1. The van der Waals surface area contributed by atoms with Gasteiger partial charge in [-0.15, -0.1) is 21.5 Å². The van der Waals surface area contributed by atoms with Gasteiger partial charge in [0.05, 0.1) is 22.3 Å². The Bertz CT molecular complexity index is 924. The Morgan fingerprint density at radius 3 is 2.91 bits per heavy atom. The number of hydrogen-bond acceptors (Lipinski definition) is 6. The number of fused-ring (bicyclic) bond motifs is 1. The number of aromatic nitrogens is 4. The van der Waals surface area contributed by atoms with Gasteiger partial charge in [-0.25, -0.2) is 4.98 Å². The first-order valence-corrected chi connectivity index (χ1v) is 8.58. The molecule has 1 aromatic carbocycles. The number of thiophene rings is 1. The van der Waals surface area contributed by atoms with Crippen LogP contribution in [0, 0.1) is 0 Å². The second kappa shape index (κ2) is 5.90. The third-order valence-electron chi connectivity index (χ3n) is 3.19. The first-order chi connectivity index (χ1) is 11.3. The van der Waals surface area contributed by atoms with E-state index in [-0.39, 0.29) is 5.91 Å². The number of para-hydroxylation sites is 2. The van der Waals surface area contributed by atoms with Gasteiger partial charge < -0.3 is 4.98 Å². The molecule has 0 atom stereocenters. The predicted molar refractivity (Wildman–Crippen MR) is 91.1 cm³/mol. The van der Waals surface area contributed by atoms with Crippen molar-refractivity contribution in [1.29, 1.82) is 0 Å². The number of hydrogen-bond donors (Lipinski definition) is 2. The molecule has 0 aliphatic carbocycles. The normalized spacial score (nSPS) is 11.0. The van der Waals surface area contributed by atoms with Gasteiger partial charge >= 0.3 is 0 Å². The van der Waals surface area contributed by atoms with Crippen LogP contribution in [0.1, 0.15) is 20.5 Å². The molecule has 1 amide bonds. The summed E-state index contributed by atoms with van der Waals surface area (Å²) in [4.78, 5) is 20.4. The van der Waals surface area contributed by atoms with E-state index in [0.29, 0.717) is 16.4 Å². The van der Waals surface area contributed by atoms with Gasteiger partial charge in [-0.1, -0.05) is 29.5 Å². The number of benzene rings is 1. The van der Waals surface area contributed by atoms with E-state index in [4.69, 9.17) is 0 Å². The highest BCUT2D eigenvalue weighted by Crippen LogP contribution is 2.20. The number of amides is 1. The minimum atomic E-state index is -0.161. The summed E-state index contributed by atoms with van der Waals surface area (Å²) < 4.78 is 0. The van der Waals surface area contributed by atoms with Crippen LogP contribution in [0.25, 0.3) is 11.0 Å². The molecule has 8 heteroatoms. The molecular weight excluding hydrogens is 330 g/mol. The molecule has 0 radical (unpaired) electrons. The molecule has 0 spiro atoms. The fourth-order valence-corrected chi connectivity index (χ4v) is 3.53. The molecule has 0 bridgehead atoms. The van der Waals surface area contributed by atoms with Gasteiger partial charge in [0.15, 0.2) is 0 Å². The lowest BCUT2D eigenvalue weighted by Gasteiger charge is -1.96. The summed E-state index contributed by atoms with van der Waals surface area (Å²) in [5.74, 6) is 0.671. The summed E-state index contributed by atoms with van der Waals surface area (Å²) in [6, 6.07) is 11.5. The van der Waals surface area contributed by atoms with Crippen molar-refractivity contribution in [2.75, 3.05) is 5.32 Å². The molecule has 0 unspecified atom stereocenters. The number of rotatable bonds is 4. The quantitative estimate of drug-likeness (QED) is 0.596. The second-order valence-corrected chi connectivity index (χ2v) is 6.82. The fraction of sp³-hybridized carbons (Fsp3) is 0.0667. The maximum atomic E-state index is 12.0. The number of carbonyl (C=O) groups is 1. The lowest BCUT2D eigenvalue weighted by molar-refractivity contribution is 0.103. The number of anilines is 1. The number of nitrogens with zero attached hydrogens (tertiary/aromatic N) is 3. The molecule has 0 saturated heterocycles. The van der Waals surface area contributed by atoms with E-state index in [1.54, 1.807) is 6.07 Å². The van der Waals surface area contributed by atoms with Crippen molar-refractivity contribution in [1.82, 2.24) is 20.2 Å². The average Bonchev–Trinajstić information content (AvgIpc) is 3.27. The summed E-state index contributed by atoms with van der Waals surface area (Å²) in [7, 11) is 0. The highest BCUT2D eigenvalue weighted by Gasteiger charge is 2.12. The van der Waals surface area contributed by atoms with Gasteiger partial charge in [0.2, 0.25) is 5.13 Å². The van der Waals surface area contributed by atoms with Gasteiger partial charge in [-0.3, -0.25) is 10.1 Å². The minimum absolute atomic E-state index is 0.161. The molecule has 3 heterocycles. The molecule has 0 fully saturated rings. The van der Waals surface area contributed by atoms with Crippen LogP contribution in [0.2, 0.25) is 0 Å². The largest absolute Gasteiger partial charge is 0.342 e. The molecule has 3 aromatic heterocycles. The van der Waals surface area contributed by atoms with Gasteiger partial charge in [0.25, 0.3) is 5.91 Å². The van der Waals surface area contributed by atoms with E-state index in [2.05, 4.69) is 25.5 Å². The zero-order valence-corrected chi connectivity index (χ0v) is 13.4. The van der Waals surface area contributed by atoms with Crippen LogP contribution in [0.5, 0.6) is 0 Å². The minimum Gasteiger partial charge on any atom is -0.342 e. The monoisotopic (exact) mass is 341 g/mol. The Hall–Kier alpha value is -2.58. The van der Waals surface area contributed by atoms with Crippen LogP contribution in [0.4, 0.5) is 5.13 Å². The van der Waals surface area contributed by atoms with Crippen LogP contribution >= 0.6 is 22.7 Å². The molecule has 23 heavy (non-hydrogen) atoms. The summed E-state index contributed by atoms with van der Waals surface area (Å²) in [5.41, 5.74) is 1.93. The average molecular weight is 341 g/mol.